The largest absolute Gasteiger partial charge is 0.451 e. The smallest absolute Gasteiger partial charge is 0.408 e. The molecular formula is C34H31NO4. The average molecular weight is 518 g/mol. The molecule has 5 rings (SSSR count). The zero-order valence-corrected chi connectivity index (χ0v) is 22.3. The van der Waals surface area contributed by atoms with Crippen LogP contribution in [-0.2, 0) is 14.3 Å². The lowest BCUT2D eigenvalue weighted by Crippen LogP contribution is -2.39. The highest BCUT2D eigenvalue weighted by molar-refractivity contribution is 5.91. The fourth-order valence-corrected chi connectivity index (χ4v) is 4.79. The molecule has 0 unspecified atom stereocenters. The molecule has 0 saturated heterocycles. The Bertz CT molecular complexity index is 1530. The minimum atomic E-state index is -1.06. The Morgan fingerprint density at radius 2 is 1.13 bits per heavy atom. The van der Waals surface area contributed by atoms with Crippen LogP contribution in [0.2, 0.25) is 0 Å². The number of hydrogen-bond donors (Lipinski definition) is 1. The molecule has 5 nitrogen and oxygen atoms in total. The SMILES string of the molecule is CC(C)(C)OC(=O)N[C@@H](C(=O)OC(c1cccc2ccccc12)c1cccc2ccccc12)c1ccccc1. The Kier molecular flexibility index (Phi) is 7.33. The lowest BCUT2D eigenvalue weighted by molar-refractivity contribution is -0.150. The third-order valence-corrected chi connectivity index (χ3v) is 6.48. The Morgan fingerprint density at radius 3 is 1.67 bits per heavy atom. The molecule has 0 saturated carbocycles. The number of nitrogens with one attached hydrogen (secondary N) is 1. The molecule has 196 valence electrons. The van der Waals surface area contributed by atoms with Gasteiger partial charge in [-0.3, -0.25) is 0 Å². The van der Waals surface area contributed by atoms with Crippen LogP contribution in [0, 0.1) is 0 Å². The predicted octanol–water partition coefficient (Wildman–Crippen LogP) is 7.89. The van der Waals surface area contributed by atoms with E-state index in [1.165, 1.54) is 0 Å². The topological polar surface area (TPSA) is 64.6 Å². The summed E-state index contributed by atoms with van der Waals surface area (Å²) in [7, 11) is 0. The third kappa shape index (κ3) is 5.93. The molecule has 0 aromatic heterocycles. The summed E-state index contributed by atoms with van der Waals surface area (Å²) in [6.07, 6.45) is -1.42. The fraction of sp³-hybridized carbons (Fsp3) is 0.176. The Morgan fingerprint density at radius 1 is 0.641 bits per heavy atom. The molecule has 5 aromatic carbocycles. The maximum atomic E-state index is 14.0. The van der Waals surface area contributed by atoms with Crippen LogP contribution in [0.1, 0.15) is 49.6 Å². The van der Waals surface area contributed by atoms with E-state index >= 15 is 0 Å². The first-order chi connectivity index (χ1) is 18.8. The van der Waals surface area contributed by atoms with Crippen LogP contribution in [0.15, 0.2) is 115 Å². The molecule has 1 amide bonds. The number of hydrogen-bond acceptors (Lipinski definition) is 4. The van der Waals surface area contributed by atoms with E-state index in [4.69, 9.17) is 9.47 Å². The van der Waals surface area contributed by atoms with E-state index in [1.54, 1.807) is 32.9 Å². The van der Waals surface area contributed by atoms with Crippen LogP contribution < -0.4 is 5.32 Å². The minimum Gasteiger partial charge on any atom is -0.451 e. The molecule has 0 aliphatic rings. The van der Waals surface area contributed by atoms with Gasteiger partial charge in [0.2, 0.25) is 0 Å². The van der Waals surface area contributed by atoms with Crippen molar-refractivity contribution in [3.05, 3.63) is 132 Å². The highest BCUT2D eigenvalue weighted by Gasteiger charge is 2.31. The minimum absolute atomic E-state index is 0.585. The summed E-state index contributed by atoms with van der Waals surface area (Å²) in [5.41, 5.74) is 1.61. The van der Waals surface area contributed by atoms with E-state index in [9.17, 15) is 9.59 Å². The van der Waals surface area contributed by atoms with Gasteiger partial charge in [0.1, 0.15) is 5.60 Å². The molecule has 5 aromatic rings. The monoisotopic (exact) mass is 517 g/mol. The maximum absolute atomic E-state index is 14.0. The summed E-state index contributed by atoms with van der Waals surface area (Å²) < 4.78 is 11.8. The molecule has 0 fully saturated rings. The Hall–Kier alpha value is -4.64. The molecule has 0 radical (unpaired) electrons. The average Bonchev–Trinajstić information content (AvgIpc) is 2.93. The molecule has 1 atom stereocenters. The summed E-state index contributed by atoms with van der Waals surface area (Å²) >= 11 is 0. The third-order valence-electron chi connectivity index (χ3n) is 6.48. The molecular weight excluding hydrogens is 486 g/mol. The second kappa shape index (κ2) is 11.0. The first-order valence-corrected chi connectivity index (χ1v) is 13.0. The van der Waals surface area contributed by atoms with Gasteiger partial charge in [-0.2, -0.15) is 0 Å². The van der Waals surface area contributed by atoms with Crippen LogP contribution in [0.3, 0.4) is 0 Å². The van der Waals surface area contributed by atoms with Crippen LogP contribution in [0.25, 0.3) is 21.5 Å². The van der Waals surface area contributed by atoms with Crippen molar-refractivity contribution in [3.63, 3.8) is 0 Å². The molecule has 0 aliphatic carbocycles. The Labute approximate surface area is 228 Å². The zero-order chi connectivity index (χ0) is 27.4. The summed E-state index contributed by atoms with van der Waals surface area (Å²) in [5.74, 6) is -0.585. The van der Waals surface area contributed by atoms with Gasteiger partial charge < -0.3 is 14.8 Å². The van der Waals surface area contributed by atoms with E-state index < -0.39 is 29.8 Å². The molecule has 0 heterocycles. The van der Waals surface area contributed by atoms with Crippen molar-refractivity contribution >= 4 is 33.6 Å². The van der Waals surface area contributed by atoms with Crippen LogP contribution in [0.4, 0.5) is 4.79 Å². The lowest BCUT2D eigenvalue weighted by Gasteiger charge is -2.26. The van der Waals surface area contributed by atoms with Crippen molar-refractivity contribution in [3.8, 4) is 0 Å². The molecule has 0 spiro atoms. The summed E-state index contributed by atoms with van der Waals surface area (Å²) in [5, 5.41) is 6.80. The van der Waals surface area contributed by atoms with E-state index in [1.807, 2.05) is 103 Å². The first kappa shape index (κ1) is 26.0. The quantitative estimate of drug-likeness (QED) is 0.233. The van der Waals surface area contributed by atoms with E-state index in [0.717, 1.165) is 32.7 Å². The van der Waals surface area contributed by atoms with Crippen molar-refractivity contribution < 1.29 is 19.1 Å². The van der Waals surface area contributed by atoms with Crippen molar-refractivity contribution in [2.45, 2.75) is 38.5 Å². The highest BCUT2D eigenvalue weighted by atomic mass is 16.6. The zero-order valence-electron chi connectivity index (χ0n) is 22.3. The van der Waals surface area contributed by atoms with Crippen molar-refractivity contribution in [1.82, 2.24) is 5.32 Å². The molecule has 39 heavy (non-hydrogen) atoms. The van der Waals surface area contributed by atoms with E-state index in [2.05, 4.69) is 5.32 Å². The van der Waals surface area contributed by atoms with Crippen LogP contribution >= 0.6 is 0 Å². The standard InChI is InChI=1S/C34H31NO4/c1-34(2,3)39-33(37)35-30(25-15-5-4-6-16-25)32(36)38-31(28-21-11-17-23-13-7-9-19-26(23)28)29-22-12-18-24-14-8-10-20-27(24)29/h4-22,30-31H,1-3H3,(H,35,37)/t30-/m1/s1. The van der Waals surface area contributed by atoms with Crippen molar-refractivity contribution in [2.24, 2.45) is 0 Å². The fourth-order valence-electron chi connectivity index (χ4n) is 4.79. The van der Waals surface area contributed by atoms with Gasteiger partial charge in [0.25, 0.3) is 0 Å². The van der Waals surface area contributed by atoms with Gasteiger partial charge in [0.05, 0.1) is 0 Å². The highest BCUT2D eigenvalue weighted by Crippen LogP contribution is 2.36. The molecule has 0 aliphatic heterocycles. The normalized spacial score (nSPS) is 12.3. The number of ether oxygens (including phenoxy) is 2. The van der Waals surface area contributed by atoms with Crippen molar-refractivity contribution in [2.75, 3.05) is 0 Å². The number of benzene rings is 5. The number of carbonyl (C=O) groups is 2. The second-order valence-electron chi connectivity index (χ2n) is 10.4. The first-order valence-electron chi connectivity index (χ1n) is 13.0. The van der Waals surface area contributed by atoms with Gasteiger partial charge in [0.15, 0.2) is 12.1 Å². The van der Waals surface area contributed by atoms with E-state index in [0.29, 0.717) is 5.56 Å². The van der Waals surface area contributed by atoms with Gasteiger partial charge in [-0.1, -0.05) is 115 Å². The molecule has 5 heteroatoms. The predicted molar refractivity (Wildman–Crippen MR) is 154 cm³/mol. The number of esters is 1. The number of alkyl carbamates (subject to hydrolysis) is 1. The van der Waals surface area contributed by atoms with Gasteiger partial charge in [-0.05, 0) is 47.9 Å². The van der Waals surface area contributed by atoms with Gasteiger partial charge in [-0.25, -0.2) is 9.59 Å². The number of carbonyl (C=O) groups excluding carboxylic acids is 2. The number of fused-ring (bicyclic) bond motifs is 2. The summed E-state index contributed by atoms with van der Waals surface area (Å²) in [6, 6.07) is 36.1. The summed E-state index contributed by atoms with van der Waals surface area (Å²) in [6.45, 7) is 5.33. The maximum Gasteiger partial charge on any atom is 0.408 e. The lowest BCUT2D eigenvalue weighted by atomic mass is 9.92. The number of rotatable bonds is 6. The van der Waals surface area contributed by atoms with Gasteiger partial charge in [0, 0.05) is 11.1 Å². The Balaban J connectivity index is 1.60. The second-order valence-corrected chi connectivity index (χ2v) is 10.4. The summed E-state index contributed by atoms with van der Waals surface area (Å²) in [4.78, 5) is 26.8. The van der Waals surface area contributed by atoms with Gasteiger partial charge in [-0.15, -0.1) is 0 Å². The molecule has 1 N–H and O–H groups in total. The van der Waals surface area contributed by atoms with Crippen LogP contribution in [0.5, 0.6) is 0 Å². The van der Waals surface area contributed by atoms with E-state index in [-0.39, 0.29) is 0 Å². The van der Waals surface area contributed by atoms with Crippen molar-refractivity contribution in [1.29, 1.82) is 0 Å². The van der Waals surface area contributed by atoms with Crippen LogP contribution in [-0.4, -0.2) is 17.7 Å². The molecule has 0 bridgehead atoms. The van der Waals surface area contributed by atoms with Gasteiger partial charge >= 0.3 is 12.1 Å². The number of amides is 1.